The van der Waals surface area contributed by atoms with Crippen LogP contribution < -0.4 is 0 Å². The Hall–Kier alpha value is -1.35. The molecule has 0 aliphatic carbocycles. The minimum atomic E-state index is 0.411. The van der Waals surface area contributed by atoms with Gasteiger partial charge in [-0.3, -0.25) is 0 Å². The standard InChI is InChI=1S/C13H16ClN3/c1-10-3-5-11(6-4-10)7-8-12-15-16-13(9-14)17(12)2/h3-6H,7-9H2,1-2H3. The van der Waals surface area contributed by atoms with Crippen LogP contribution in [0.25, 0.3) is 0 Å². The van der Waals surface area contributed by atoms with Crippen LogP contribution in [0.15, 0.2) is 24.3 Å². The highest BCUT2D eigenvalue weighted by Gasteiger charge is 2.07. The Balaban J connectivity index is 2.02. The first-order valence-corrected chi connectivity index (χ1v) is 6.23. The van der Waals surface area contributed by atoms with E-state index in [-0.39, 0.29) is 0 Å². The van der Waals surface area contributed by atoms with Gasteiger partial charge in [0, 0.05) is 13.5 Å². The summed E-state index contributed by atoms with van der Waals surface area (Å²) < 4.78 is 1.97. The molecular weight excluding hydrogens is 234 g/mol. The second-order valence-corrected chi connectivity index (χ2v) is 4.48. The lowest BCUT2D eigenvalue weighted by Gasteiger charge is -2.03. The van der Waals surface area contributed by atoms with Gasteiger partial charge in [0.05, 0.1) is 5.88 Å². The summed E-state index contributed by atoms with van der Waals surface area (Å²) in [5, 5.41) is 8.19. The van der Waals surface area contributed by atoms with E-state index < -0.39 is 0 Å². The Bertz CT molecular complexity index is 488. The van der Waals surface area contributed by atoms with Crippen molar-refractivity contribution in [3.05, 3.63) is 47.0 Å². The van der Waals surface area contributed by atoms with Gasteiger partial charge in [0.25, 0.3) is 0 Å². The number of alkyl halides is 1. The van der Waals surface area contributed by atoms with Crippen molar-refractivity contribution in [3.8, 4) is 0 Å². The third-order valence-electron chi connectivity index (χ3n) is 2.93. The van der Waals surface area contributed by atoms with Gasteiger partial charge in [-0.2, -0.15) is 0 Å². The second kappa shape index (κ2) is 5.32. The Kier molecular flexibility index (Phi) is 3.79. The van der Waals surface area contributed by atoms with Gasteiger partial charge in [-0.25, -0.2) is 0 Å². The molecule has 0 radical (unpaired) electrons. The van der Waals surface area contributed by atoms with Gasteiger partial charge in [-0.15, -0.1) is 21.8 Å². The van der Waals surface area contributed by atoms with Crippen molar-refractivity contribution in [1.29, 1.82) is 0 Å². The van der Waals surface area contributed by atoms with Crippen LogP contribution in [0.3, 0.4) is 0 Å². The Morgan fingerprint density at radius 2 is 1.71 bits per heavy atom. The molecule has 2 aromatic rings. The van der Waals surface area contributed by atoms with Gasteiger partial charge in [0.2, 0.25) is 0 Å². The number of hydrogen-bond acceptors (Lipinski definition) is 2. The van der Waals surface area contributed by atoms with E-state index in [0.717, 1.165) is 24.5 Å². The summed E-state index contributed by atoms with van der Waals surface area (Å²) in [5.41, 5.74) is 2.61. The van der Waals surface area contributed by atoms with Crippen molar-refractivity contribution in [2.75, 3.05) is 0 Å². The van der Waals surface area contributed by atoms with Crippen molar-refractivity contribution in [1.82, 2.24) is 14.8 Å². The quantitative estimate of drug-likeness (QED) is 0.780. The molecule has 1 aromatic heterocycles. The summed E-state index contributed by atoms with van der Waals surface area (Å²) in [6, 6.07) is 8.59. The van der Waals surface area contributed by atoms with Crippen molar-refractivity contribution in [2.24, 2.45) is 7.05 Å². The molecule has 0 saturated heterocycles. The Morgan fingerprint density at radius 3 is 2.29 bits per heavy atom. The first-order valence-electron chi connectivity index (χ1n) is 5.69. The first kappa shape index (κ1) is 12.1. The van der Waals surface area contributed by atoms with Crippen molar-refractivity contribution in [3.63, 3.8) is 0 Å². The summed E-state index contributed by atoms with van der Waals surface area (Å²) in [6.45, 7) is 2.10. The van der Waals surface area contributed by atoms with Gasteiger partial charge in [0.15, 0.2) is 0 Å². The molecule has 0 N–H and O–H groups in total. The third kappa shape index (κ3) is 2.86. The fourth-order valence-corrected chi connectivity index (χ4v) is 1.98. The molecule has 1 aromatic carbocycles. The number of rotatable bonds is 4. The summed E-state index contributed by atoms with van der Waals surface area (Å²) in [7, 11) is 1.96. The maximum Gasteiger partial charge on any atom is 0.147 e. The monoisotopic (exact) mass is 249 g/mol. The molecule has 0 bridgehead atoms. The molecule has 2 rings (SSSR count). The molecule has 0 spiro atoms. The van der Waals surface area contributed by atoms with E-state index in [0.29, 0.717) is 5.88 Å². The summed E-state index contributed by atoms with van der Waals surface area (Å²) in [6.07, 6.45) is 1.87. The van der Waals surface area contributed by atoms with Crippen LogP contribution in [0.2, 0.25) is 0 Å². The van der Waals surface area contributed by atoms with E-state index in [9.17, 15) is 0 Å². The van der Waals surface area contributed by atoms with E-state index in [4.69, 9.17) is 11.6 Å². The lowest BCUT2D eigenvalue weighted by molar-refractivity contribution is 0.752. The number of hydrogen-bond donors (Lipinski definition) is 0. The molecular formula is C13H16ClN3. The molecule has 0 fully saturated rings. The maximum atomic E-state index is 5.76. The van der Waals surface area contributed by atoms with Crippen molar-refractivity contribution in [2.45, 2.75) is 25.6 Å². The van der Waals surface area contributed by atoms with Gasteiger partial charge >= 0.3 is 0 Å². The maximum absolute atomic E-state index is 5.76. The highest BCUT2D eigenvalue weighted by atomic mass is 35.5. The molecule has 0 aliphatic heterocycles. The van der Waals surface area contributed by atoms with Crippen molar-refractivity contribution < 1.29 is 0 Å². The van der Waals surface area contributed by atoms with E-state index in [1.807, 2.05) is 11.6 Å². The van der Waals surface area contributed by atoms with Crippen LogP contribution in [0, 0.1) is 6.92 Å². The van der Waals surface area contributed by atoms with Gasteiger partial charge in [0.1, 0.15) is 11.6 Å². The van der Waals surface area contributed by atoms with Crippen LogP contribution in [0.1, 0.15) is 22.8 Å². The van der Waals surface area contributed by atoms with Crippen LogP contribution in [0.5, 0.6) is 0 Å². The molecule has 0 atom stereocenters. The lowest BCUT2D eigenvalue weighted by atomic mass is 10.1. The highest BCUT2D eigenvalue weighted by Crippen LogP contribution is 2.08. The second-order valence-electron chi connectivity index (χ2n) is 4.21. The molecule has 0 aliphatic rings. The number of nitrogens with zero attached hydrogens (tertiary/aromatic N) is 3. The average Bonchev–Trinajstić information content (AvgIpc) is 2.69. The van der Waals surface area contributed by atoms with E-state index >= 15 is 0 Å². The zero-order valence-corrected chi connectivity index (χ0v) is 10.9. The number of aryl methyl sites for hydroxylation is 3. The van der Waals surface area contributed by atoms with Crippen LogP contribution in [0.4, 0.5) is 0 Å². The normalized spacial score (nSPS) is 10.8. The predicted molar refractivity (Wildman–Crippen MR) is 69.1 cm³/mol. The SMILES string of the molecule is Cc1ccc(CCc2nnc(CCl)n2C)cc1. The molecule has 90 valence electrons. The van der Waals surface area contributed by atoms with Gasteiger partial charge in [-0.05, 0) is 18.9 Å². The lowest BCUT2D eigenvalue weighted by Crippen LogP contribution is -2.02. The Labute approximate surface area is 106 Å². The fourth-order valence-electron chi connectivity index (χ4n) is 1.74. The van der Waals surface area contributed by atoms with E-state index in [1.165, 1.54) is 11.1 Å². The number of benzene rings is 1. The average molecular weight is 250 g/mol. The summed E-state index contributed by atoms with van der Waals surface area (Å²) in [5.74, 6) is 2.22. The predicted octanol–water partition coefficient (Wildman–Crippen LogP) is 2.65. The smallest absolute Gasteiger partial charge is 0.147 e. The van der Waals surface area contributed by atoms with Gasteiger partial charge < -0.3 is 4.57 Å². The minimum absolute atomic E-state index is 0.411. The molecule has 3 nitrogen and oxygen atoms in total. The largest absolute Gasteiger partial charge is 0.317 e. The summed E-state index contributed by atoms with van der Waals surface area (Å²) in [4.78, 5) is 0. The number of halogens is 1. The molecule has 17 heavy (non-hydrogen) atoms. The fraction of sp³-hybridized carbons (Fsp3) is 0.385. The third-order valence-corrected chi connectivity index (χ3v) is 3.17. The highest BCUT2D eigenvalue weighted by molar-refractivity contribution is 6.16. The van der Waals surface area contributed by atoms with Gasteiger partial charge in [-0.1, -0.05) is 29.8 Å². The molecule has 4 heteroatoms. The zero-order chi connectivity index (χ0) is 12.3. The van der Waals surface area contributed by atoms with Crippen molar-refractivity contribution >= 4 is 11.6 Å². The molecule has 0 amide bonds. The molecule has 0 unspecified atom stereocenters. The Morgan fingerprint density at radius 1 is 1.06 bits per heavy atom. The summed E-state index contributed by atoms with van der Waals surface area (Å²) >= 11 is 5.76. The van der Waals surface area contributed by atoms with E-state index in [1.54, 1.807) is 0 Å². The first-order chi connectivity index (χ1) is 8.20. The van der Waals surface area contributed by atoms with E-state index in [2.05, 4.69) is 41.4 Å². The molecule has 1 heterocycles. The molecule has 0 saturated carbocycles. The topological polar surface area (TPSA) is 30.7 Å². The zero-order valence-electron chi connectivity index (χ0n) is 10.2. The van der Waals surface area contributed by atoms with Crippen LogP contribution in [-0.4, -0.2) is 14.8 Å². The van der Waals surface area contributed by atoms with Crippen LogP contribution >= 0.6 is 11.6 Å². The van der Waals surface area contributed by atoms with Crippen LogP contribution in [-0.2, 0) is 25.8 Å². The number of aromatic nitrogens is 3. The minimum Gasteiger partial charge on any atom is -0.317 e.